The maximum absolute atomic E-state index is 12.6. The molecule has 0 bridgehead atoms. The first kappa shape index (κ1) is 22.8. The first-order valence-corrected chi connectivity index (χ1v) is 10.3. The number of halogens is 1. The first-order valence-electron chi connectivity index (χ1n) is 9.91. The zero-order chi connectivity index (χ0) is 22.8. The van der Waals surface area contributed by atoms with Crippen LogP contribution in [0.25, 0.3) is 22.0 Å². The summed E-state index contributed by atoms with van der Waals surface area (Å²) in [4.78, 5) is 21.5. The third-order valence-electron chi connectivity index (χ3n) is 5.20. The molecule has 3 rings (SSSR count). The largest absolute Gasteiger partial charge is 0.494 e. The molecule has 1 atom stereocenters. The van der Waals surface area contributed by atoms with Crippen molar-refractivity contribution in [2.75, 3.05) is 26.1 Å². The number of hydrogen-bond acceptors (Lipinski definition) is 7. The summed E-state index contributed by atoms with van der Waals surface area (Å²) < 4.78 is 10.9. The van der Waals surface area contributed by atoms with E-state index in [0.29, 0.717) is 27.8 Å². The topological polar surface area (TPSA) is 93.6 Å². The fourth-order valence-electron chi connectivity index (χ4n) is 3.44. The van der Waals surface area contributed by atoms with E-state index in [-0.39, 0.29) is 6.61 Å². The van der Waals surface area contributed by atoms with Crippen molar-refractivity contribution in [2.45, 2.75) is 26.9 Å². The number of aromatic nitrogens is 2. The van der Waals surface area contributed by atoms with Gasteiger partial charge in [-0.2, -0.15) is 0 Å². The molecule has 7 nitrogen and oxygen atoms in total. The second-order valence-electron chi connectivity index (χ2n) is 7.61. The van der Waals surface area contributed by atoms with Gasteiger partial charge in [0.15, 0.2) is 5.75 Å². The lowest BCUT2D eigenvalue weighted by atomic mass is 9.81. The summed E-state index contributed by atoms with van der Waals surface area (Å²) in [6.45, 7) is 5.22. The van der Waals surface area contributed by atoms with Crippen molar-refractivity contribution in [2.24, 2.45) is 5.41 Å². The van der Waals surface area contributed by atoms with Crippen molar-refractivity contribution in [1.29, 1.82) is 0 Å². The normalized spacial score (nSPS) is 12.5. The molecule has 1 heterocycles. The van der Waals surface area contributed by atoms with Crippen LogP contribution in [0.5, 0.6) is 5.75 Å². The number of nitrogens with one attached hydrogen (secondary N) is 1. The van der Waals surface area contributed by atoms with Crippen molar-refractivity contribution in [3.8, 4) is 16.9 Å². The number of esters is 1. The highest BCUT2D eigenvalue weighted by atomic mass is 35.5. The van der Waals surface area contributed by atoms with Crippen LogP contribution in [-0.2, 0) is 9.53 Å². The molecular formula is C23H26ClN3O4. The quantitative estimate of drug-likeness (QED) is 0.514. The number of aliphatic hydroxyl groups is 1. The van der Waals surface area contributed by atoms with Crippen LogP contribution in [0.1, 0.15) is 32.4 Å². The van der Waals surface area contributed by atoms with Crippen molar-refractivity contribution >= 4 is 34.4 Å². The molecule has 0 fully saturated rings. The minimum Gasteiger partial charge on any atom is -0.494 e. The van der Waals surface area contributed by atoms with E-state index >= 15 is 0 Å². The molecule has 1 unspecified atom stereocenters. The third-order valence-corrected chi connectivity index (χ3v) is 5.43. The number of nitrogens with zero attached hydrogens (tertiary/aromatic N) is 2. The number of carbonyl (C=O) groups is 1. The van der Waals surface area contributed by atoms with Gasteiger partial charge in [0.1, 0.15) is 5.52 Å². The van der Waals surface area contributed by atoms with E-state index in [1.54, 1.807) is 46.1 Å². The summed E-state index contributed by atoms with van der Waals surface area (Å²) in [5.41, 5.74) is 1.29. The Bertz CT molecular complexity index is 1120. The van der Waals surface area contributed by atoms with Gasteiger partial charge in [-0.15, -0.1) is 0 Å². The Kier molecular flexibility index (Phi) is 6.67. The van der Waals surface area contributed by atoms with Gasteiger partial charge in [-0.05, 0) is 50.1 Å². The van der Waals surface area contributed by atoms with Gasteiger partial charge in [0.05, 0.1) is 25.2 Å². The number of methoxy groups -OCH3 is 1. The smallest absolute Gasteiger partial charge is 0.314 e. The van der Waals surface area contributed by atoms with Gasteiger partial charge in [-0.3, -0.25) is 4.79 Å². The Balaban J connectivity index is 2.34. The molecule has 0 aliphatic carbocycles. The molecular weight excluding hydrogens is 418 g/mol. The lowest BCUT2D eigenvalue weighted by Crippen LogP contribution is -2.33. The van der Waals surface area contributed by atoms with E-state index in [4.69, 9.17) is 21.1 Å². The average Bonchev–Trinajstić information content (AvgIpc) is 2.77. The molecule has 2 N–H and O–H groups in total. The van der Waals surface area contributed by atoms with Crippen LogP contribution < -0.4 is 10.1 Å². The number of aliphatic hydroxyl groups excluding tert-OH is 1. The van der Waals surface area contributed by atoms with Gasteiger partial charge in [-0.25, -0.2) is 9.97 Å². The number of rotatable bonds is 7. The standard InChI is InChI=1S/C23H26ClN3O4/c1-6-31-21(29)23(2,3)20(28)16-11-15(13-8-7-9-14(24)10-13)17-12-26-22(25-4)27-18(17)19(16)30-5/h7-12,20,28H,6H2,1-5H3,(H,25,26,27). The van der Waals surface area contributed by atoms with Gasteiger partial charge < -0.3 is 19.9 Å². The van der Waals surface area contributed by atoms with Crippen molar-refractivity contribution in [1.82, 2.24) is 9.97 Å². The van der Waals surface area contributed by atoms with Crippen LogP contribution in [0.15, 0.2) is 36.5 Å². The van der Waals surface area contributed by atoms with Gasteiger partial charge >= 0.3 is 5.97 Å². The number of carbonyl (C=O) groups excluding carboxylic acids is 1. The molecule has 1 aromatic heterocycles. The van der Waals surface area contributed by atoms with Crippen LogP contribution in [-0.4, -0.2) is 41.8 Å². The summed E-state index contributed by atoms with van der Waals surface area (Å²) in [6.07, 6.45) is 0.483. The fraction of sp³-hybridized carbons (Fsp3) is 0.348. The fourth-order valence-corrected chi connectivity index (χ4v) is 3.63. The van der Waals surface area contributed by atoms with Crippen molar-refractivity contribution < 1.29 is 19.4 Å². The minimum atomic E-state index is -1.22. The lowest BCUT2D eigenvalue weighted by Gasteiger charge is -2.30. The molecule has 2 aromatic carbocycles. The predicted molar refractivity (Wildman–Crippen MR) is 121 cm³/mol. The summed E-state index contributed by atoms with van der Waals surface area (Å²) in [5, 5.41) is 15.5. The molecule has 0 aliphatic heterocycles. The molecule has 0 aliphatic rings. The zero-order valence-electron chi connectivity index (χ0n) is 18.2. The Morgan fingerprint density at radius 2 is 2.06 bits per heavy atom. The van der Waals surface area contributed by atoms with E-state index in [2.05, 4.69) is 15.3 Å². The highest BCUT2D eigenvalue weighted by molar-refractivity contribution is 6.30. The Labute approximate surface area is 186 Å². The average molecular weight is 444 g/mol. The SMILES string of the molecule is CCOC(=O)C(C)(C)C(O)c1cc(-c2cccc(Cl)c2)c2cnc(NC)nc2c1OC. The Hall–Kier alpha value is -2.90. The zero-order valence-corrected chi connectivity index (χ0v) is 18.9. The van der Waals surface area contributed by atoms with Gasteiger partial charge in [-0.1, -0.05) is 23.7 Å². The van der Waals surface area contributed by atoms with E-state index in [9.17, 15) is 9.90 Å². The van der Waals surface area contributed by atoms with Crippen LogP contribution in [0.2, 0.25) is 5.02 Å². The maximum Gasteiger partial charge on any atom is 0.314 e. The van der Waals surface area contributed by atoms with E-state index in [1.807, 2.05) is 18.2 Å². The van der Waals surface area contributed by atoms with Gasteiger partial charge in [0, 0.05) is 29.2 Å². The van der Waals surface area contributed by atoms with Crippen LogP contribution in [0, 0.1) is 5.41 Å². The molecule has 0 amide bonds. The summed E-state index contributed by atoms with van der Waals surface area (Å²) in [5.74, 6) is 0.260. The van der Waals surface area contributed by atoms with E-state index in [1.165, 1.54) is 7.11 Å². The van der Waals surface area contributed by atoms with Crippen molar-refractivity contribution in [3.63, 3.8) is 0 Å². The lowest BCUT2D eigenvalue weighted by molar-refractivity contribution is -0.160. The third kappa shape index (κ3) is 4.29. The first-order chi connectivity index (χ1) is 14.7. The second kappa shape index (κ2) is 9.08. The molecule has 0 spiro atoms. The number of fused-ring (bicyclic) bond motifs is 1. The van der Waals surface area contributed by atoms with Gasteiger partial charge in [0.25, 0.3) is 0 Å². The summed E-state index contributed by atoms with van der Waals surface area (Å²) >= 11 is 6.23. The number of benzene rings is 2. The van der Waals surface area contributed by atoms with Crippen LogP contribution in [0.4, 0.5) is 5.95 Å². The van der Waals surface area contributed by atoms with Crippen LogP contribution in [0.3, 0.4) is 0 Å². The molecule has 8 heteroatoms. The monoisotopic (exact) mass is 443 g/mol. The molecule has 31 heavy (non-hydrogen) atoms. The highest BCUT2D eigenvalue weighted by Crippen LogP contribution is 2.45. The summed E-state index contributed by atoms with van der Waals surface area (Å²) in [6, 6.07) is 9.15. The van der Waals surface area contributed by atoms with Crippen molar-refractivity contribution in [3.05, 3.63) is 47.1 Å². The molecule has 3 aromatic rings. The number of hydrogen-bond donors (Lipinski definition) is 2. The Morgan fingerprint density at radius 3 is 2.68 bits per heavy atom. The predicted octanol–water partition coefficient (Wildman–Crippen LogP) is 4.62. The second-order valence-corrected chi connectivity index (χ2v) is 8.04. The van der Waals surface area contributed by atoms with Crippen LogP contribution >= 0.6 is 11.6 Å². The van der Waals surface area contributed by atoms with E-state index < -0.39 is 17.5 Å². The maximum atomic E-state index is 12.6. The number of ether oxygens (including phenoxy) is 2. The summed E-state index contributed by atoms with van der Waals surface area (Å²) in [7, 11) is 3.22. The van der Waals surface area contributed by atoms with Gasteiger partial charge in [0.2, 0.25) is 5.95 Å². The molecule has 0 saturated carbocycles. The Morgan fingerprint density at radius 1 is 1.32 bits per heavy atom. The number of anilines is 1. The molecule has 0 saturated heterocycles. The highest BCUT2D eigenvalue weighted by Gasteiger charge is 2.40. The minimum absolute atomic E-state index is 0.219. The molecule has 0 radical (unpaired) electrons. The molecule has 164 valence electrons. The van der Waals surface area contributed by atoms with E-state index in [0.717, 1.165) is 16.5 Å².